The van der Waals surface area contributed by atoms with Gasteiger partial charge in [0.05, 0.1) is 11.2 Å². The average molecular weight is 279 g/mol. The highest BCUT2D eigenvalue weighted by atomic mass is 35.5. The van der Waals surface area contributed by atoms with E-state index in [1.165, 1.54) is 18.4 Å². The summed E-state index contributed by atoms with van der Waals surface area (Å²) in [6.45, 7) is 8.31. The van der Waals surface area contributed by atoms with Crippen molar-refractivity contribution >= 4 is 24.2 Å². The Morgan fingerprint density at radius 3 is 2.21 bits per heavy atom. The summed E-state index contributed by atoms with van der Waals surface area (Å²) < 4.78 is 12.3. The average Bonchev–Trinajstić information content (AvgIpc) is 3.07. The first-order valence-corrected chi connectivity index (χ1v) is 7.33. The summed E-state index contributed by atoms with van der Waals surface area (Å²) in [5.41, 5.74) is 1.83. The van der Waals surface area contributed by atoms with Crippen molar-refractivity contribution in [3.8, 4) is 0 Å². The van der Waals surface area contributed by atoms with E-state index in [-0.39, 0.29) is 18.3 Å². The highest BCUT2D eigenvalue weighted by Crippen LogP contribution is 2.42. The minimum atomic E-state index is -0.306. The normalized spacial score (nSPS) is 24.8. The molecule has 1 saturated heterocycles. The van der Waals surface area contributed by atoms with Crippen LogP contribution in [0.4, 0.5) is 0 Å². The maximum absolute atomic E-state index is 6.15. The molecule has 1 aromatic rings. The lowest BCUT2D eigenvalue weighted by Gasteiger charge is -2.32. The molecule has 4 heteroatoms. The topological polar surface area (TPSA) is 18.5 Å². The summed E-state index contributed by atoms with van der Waals surface area (Å²) in [7, 11) is -0.306. The van der Waals surface area contributed by atoms with Gasteiger partial charge in [0.2, 0.25) is 0 Å². The molecule has 2 nitrogen and oxygen atoms in total. The number of rotatable bonds is 2. The number of hydrogen-bond acceptors (Lipinski definition) is 2. The molecule has 1 saturated carbocycles. The van der Waals surface area contributed by atoms with Gasteiger partial charge in [-0.2, -0.15) is 0 Å². The van der Waals surface area contributed by atoms with Gasteiger partial charge in [0, 0.05) is 5.02 Å². The van der Waals surface area contributed by atoms with E-state index in [0.717, 1.165) is 10.5 Å². The van der Waals surface area contributed by atoms with Gasteiger partial charge in [0.15, 0.2) is 0 Å². The molecule has 1 aliphatic heterocycles. The van der Waals surface area contributed by atoms with Crippen molar-refractivity contribution in [1.82, 2.24) is 0 Å². The maximum atomic E-state index is 6.15. The van der Waals surface area contributed by atoms with E-state index >= 15 is 0 Å². The van der Waals surface area contributed by atoms with Crippen LogP contribution in [0.2, 0.25) is 5.02 Å². The molecule has 0 atom stereocenters. The molecule has 2 aliphatic rings. The first kappa shape index (κ1) is 13.5. The first-order chi connectivity index (χ1) is 8.80. The summed E-state index contributed by atoms with van der Waals surface area (Å²) in [6.07, 6.45) is 2.52. The molecule has 2 fully saturated rings. The van der Waals surface area contributed by atoms with Crippen molar-refractivity contribution in [3.05, 3.63) is 28.8 Å². The Hall–Kier alpha value is -0.505. The molecular formula is C15H20BClO2. The molecule has 1 aromatic carbocycles. The summed E-state index contributed by atoms with van der Waals surface area (Å²) in [4.78, 5) is 0. The van der Waals surface area contributed by atoms with Gasteiger partial charge >= 0.3 is 7.12 Å². The monoisotopic (exact) mass is 278 g/mol. The van der Waals surface area contributed by atoms with Gasteiger partial charge in [-0.25, -0.2) is 0 Å². The molecule has 0 aromatic heterocycles. The lowest BCUT2D eigenvalue weighted by atomic mass is 9.75. The Morgan fingerprint density at radius 1 is 1.11 bits per heavy atom. The van der Waals surface area contributed by atoms with Crippen LogP contribution in [0.3, 0.4) is 0 Å². The van der Waals surface area contributed by atoms with E-state index in [1.807, 2.05) is 12.1 Å². The van der Waals surface area contributed by atoms with Crippen molar-refractivity contribution in [2.24, 2.45) is 0 Å². The summed E-state index contributed by atoms with van der Waals surface area (Å²) in [6, 6.07) is 6.08. The van der Waals surface area contributed by atoms with E-state index in [9.17, 15) is 0 Å². The fourth-order valence-electron chi connectivity index (χ4n) is 2.49. The minimum Gasteiger partial charge on any atom is -0.399 e. The largest absolute Gasteiger partial charge is 0.495 e. The molecule has 0 N–H and O–H groups in total. The van der Waals surface area contributed by atoms with Crippen LogP contribution in [0.15, 0.2) is 18.2 Å². The number of hydrogen-bond donors (Lipinski definition) is 0. The fraction of sp³-hybridized carbons (Fsp3) is 0.600. The van der Waals surface area contributed by atoms with Gasteiger partial charge in [-0.05, 0) is 69.6 Å². The molecule has 0 unspecified atom stereocenters. The molecule has 102 valence electrons. The predicted octanol–water partition coefficient (Wildman–Crippen LogP) is 3.52. The molecule has 1 aliphatic carbocycles. The summed E-state index contributed by atoms with van der Waals surface area (Å²) in [5, 5.41) is 0.745. The molecule has 0 spiro atoms. The van der Waals surface area contributed by atoms with Gasteiger partial charge in [0.25, 0.3) is 0 Å². The predicted molar refractivity (Wildman–Crippen MR) is 79.1 cm³/mol. The van der Waals surface area contributed by atoms with Crippen LogP contribution in [0.1, 0.15) is 52.0 Å². The third-order valence-electron chi connectivity index (χ3n) is 4.57. The van der Waals surface area contributed by atoms with Crippen LogP contribution in [-0.2, 0) is 9.31 Å². The zero-order valence-corrected chi connectivity index (χ0v) is 12.8. The quantitative estimate of drug-likeness (QED) is 0.771. The molecule has 19 heavy (non-hydrogen) atoms. The van der Waals surface area contributed by atoms with Crippen molar-refractivity contribution in [2.75, 3.05) is 0 Å². The van der Waals surface area contributed by atoms with Crippen molar-refractivity contribution in [2.45, 2.75) is 57.7 Å². The Labute approximate surface area is 120 Å². The van der Waals surface area contributed by atoms with Gasteiger partial charge in [-0.3, -0.25) is 0 Å². The molecule has 1 heterocycles. The Morgan fingerprint density at radius 2 is 1.68 bits per heavy atom. The van der Waals surface area contributed by atoms with Crippen LogP contribution in [0, 0.1) is 0 Å². The van der Waals surface area contributed by atoms with Crippen LogP contribution < -0.4 is 5.46 Å². The van der Waals surface area contributed by atoms with E-state index in [0.29, 0.717) is 5.92 Å². The van der Waals surface area contributed by atoms with E-state index in [2.05, 4.69) is 33.8 Å². The van der Waals surface area contributed by atoms with E-state index < -0.39 is 0 Å². The van der Waals surface area contributed by atoms with Crippen molar-refractivity contribution in [1.29, 1.82) is 0 Å². The standard InChI is InChI=1S/C15H20BClO2/c1-14(2)15(3,4)19-16(18-14)13-9-11(17)7-8-12(13)10-5-6-10/h7-10H,5-6H2,1-4H3. The zero-order chi connectivity index (χ0) is 13.8. The molecule has 0 bridgehead atoms. The SMILES string of the molecule is CC1(C)OB(c2cc(Cl)ccc2C2CC2)OC1(C)C. The van der Waals surface area contributed by atoms with Crippen LogP contribution in [0.5, 0.6) is 0 Å². The van der Waals surface area contributed by atoms with Crippen LogP contribution >= 0.6 is 11.6 Å². The van der Waals surface area contributed by atoms with Gasteiger partial charge < -0.3 is 9.31 Å². The molecule has 0 radical (unpaired) electrons. The number of halogens is 1. The summed E-state index contributed by atoms with van der Waals surface area (Å²) >= 11 is 6.15. The number of benzene rings is 1. The summed E-state index contributed by atoms with van der Waals surface area (Å²) in [5.74, 6) is 0.659. The molecular weight excluding hydrogens is 258 g/mol. The van der Waals surface area contributed by atoms with E-state index in [4.69, 9.17) is 20.9 Å². The third kappa shape index (κ3) is 2.33. The van der Waals surface area contributed by atoms with Crippen molar-refractivity contribution < 1.29 is 9.31 Å². The van der Waals surface area contributed by atoms with Gasteiger partial charge in [-0.1, -0.05) is 17.7 Å². The second-order valence-electron chi connectivity index (χ2n) is 6.64. The maximum Gasteiger partial charge on any atom is 0.495 e. The second kappa shape index (κ2) is 4.24. The third-order valence-corrected chi connectivity index (χ3v) is 4.81. The lowest BCUT2D eigenvalue weighted by molar-refractivity contribution is 0.00578. The van der Waals surface area contributed by atoms with Crippen LogP contribution in [0.25, 0.3) is 0 Å². The highest BCUT2D eigenvalue weighted by molar-refractivity contribution is 6.63. The molecule has 3 rings (SSSR count). The molecule has 0 amide bonds. The zero-order valence-electron chi connectivity index (χ0n) is 12.0. The Kier molecular flexibility index (Phi) is 3.01. The Bertz CT molecular complexity index is 493. The Balaban J connectivity index is 1.97. The van der Waals surface area contributed by atoms with Crippen LogP contribution in [-0.4, -0.2) is 18.3 Å². The smallest absolute Gasteiger partial charge is 0.399 e. The second-order valence-corrected chi connectivity index (χ2v) is 7.07. The van der Waals surface area contributed by atoms with Crippen molar-refractivity contribution in [3.63, 3.8) is 0 Å². The van der Waals surface area contributed by atoms with Gasteiger partial charge in [-0.15, -0.1) is 0 Å². The minimum absolute atomic E-state index is 0.305. The fourth-order valence-corrected chi connectivity index (χ4v) is 2.67. The van der Waals surface area contributed by atoms with Gasteiger partial charge in [0.1, 0.15) is 0 Å². The lowest BCUT2D eigenvalue weighted by Crippen LogP contribution is -2.41. The highest BCUT2D eigenvalue weighted by Gasteiger charge is 2.52. The van der Waals surface area contributed by atoms with E-state index in [1.54, 1.807) is 0 Å². The first-order valence-electron chi connectivity index (χ1n) is 6.95.